The first-order valence-corrected chi connectivity index (χ1v) is 5.58. The standard InChI is InChI=1S/C12H19N2/c1-10(2)11-3-4-12(9-11)14-7-5-13-6-8-14/h5-8,10-12H,3-4,9H2,1-2H3/q+1. The fraction of sp³-hybridized carbons (Fsp3) is 0.667. The number of rotatable bonds is 2. The van der Waals surface area contributed by atoms with Gasteiger partial charge in [0.25, 0.3) is 0 Å². The van der Waals surface area contributed by atoms with Crippen LogP contribution < -0.4 is 4.57 Å². The van der Waals surface area contributed by atoms with Gasteiger partial charge < -0.3 is 0 Å². The second-order valence-electron chi connectivity index (χ2n) is 4.66. The molecular formula is C12H19N2+. The van der Waals surface area contributed by atoms with E-state index in [-0.39, 0.29) is 0 Å². The fourth-order valence-corrected chi connectivity index (χ4v) is 2.44. The van der Waals surface area contributed by atoms with Gasteiger partial charge in [-0.3, -0.25) is 4.98 Å². The summed E-state index contributed by atoms with van der Waals surface area (Å²) in [5.74, 6) is 1.75. The molecule has 1 aliphatic carbocycles. The maximum atomic E-state index is 4.05. The van der Waals surface area contributed by atoms with Crippen LogP contribution in [-0.4, -0.2) is 4.98 Å². The van der Waals surface area contributed by atoms with Crippen LogP contribution in [0.1, 0.15) is 39.2 Å². The van der Waals surface area contributed by atoms with E-state index in [1.807, 2.05) is 12.4 Å². The van der Waals surface area contributed by atoms with E-state index in [9.17, 15) is 0 Å². The first-order chi connectivity index (χ1) is 6.77. The summed E-state index contributed by atoms with van der Waals surface area (Å²) < 4.78 is 2.31. The minimum atomic E-state index is 0.713. The Hall–Kier alpha value is -0.920. The van der Waals surface area contributed by atoms with E-state index in [0.29, 0.717) is 6.04 Å². The van der Waals surface area contributed by atoms with E-state index < -0.39 is 0 Å². The Labute approximate surface area is 86.0 Å². The van der Waals surface area contributed by atoms with E-state index in [0.717, 1.165) is 11.8 Å². The van der Waals surface area contributed by atoms with Gasteiger partial charge in [0, 0.05) is 12.8 Å². The molecule has 1 heterocycles. The van der Waals surface area contributed by atoms with Crippen molar-refractivity contribution in [2.45, 2.75) is 39.2 Å². The van der Waals surface area contributed by atoms with Crippen LogP contribution in [0.15, 0.2) is 24.8 Å². The van der Waals surface area contributed by atoms with Gasteiger partial charge in [-0.25, -0.2) is 0 Å². The van der Waals surface area contributed by atoms with E-state index >= 15 is 0 Å². The molecule has 2 nitrogen and oxygen atoms in total. The maximum absolute atomic E-state index is 4.05. The molecule has 0 saturated heterocycles. The molecule has 0 aromatic carbocycles. The van der Waals surface area contributed by atoms with Crippen molar-refractivity contribution in [1.29, 1.82) is 0 Å². The second kappa shape index (κ2) is 4.07. The van der Waals surface area contributed by atoms with E-state index in [2.05, 4.69) is 35.8 Å². The highest BCUT2D eigenvalue weighted by atomic mass is 15.0. The third-order valence-electron chi connectivity index (χ3n) is 3.46. The van der Waals surface area contributed by atoms with E-state index in [1.165, 1.54) is 19.3 Å². The summed E-state index contributed by atoms with van der Waals surface area (Å²) >= 11 is 0. The molecule has 0 amide bonds. The molecule has 2 rings (SSSR count). The van der Waals surface area contributed by atoms with Crippen molar-refractivity contribution in [3.63, 3.8) is 0 Å². The summed E-state index contributed by atoms with van der Waals surface area (Å²) in [6.07, 6.45) is 12.0. The molecule has 0 N–H and O–H groups in total. The van der Waals surface area contributed by atoms with Gasteiger partial charge in [-0.2, -0.15) is 4.57 Å². The largest absolute Gasteiger partial charge is 0.252 e. The predicted molar refractivity (Wildman–Crippen MR) is 55.6 cm³/mol. The Morgan fingerprint density at radius 2 is 1.93 bits per heavy atom. The highest BCUT2D eigenvalue weighted by Gasteiger charge is 2.32. The van der Waals surface area contributed by atoms with Gasteiger partial charge in [0.15, 0.2) is 18.4 Å². The molecule has 0 aliphatic heterocycles. The van der Waals surface area contributed by atoms with Crippen molar-refractivity contribution in [3.05, 3.63) is 24.8 Å². The maximum Gasteiger partial charge on any atom is 0.187 e. The van der Waals surface area contributed by atoms with Gasteiger partial charge in [0.1, 0.15) is 0 Å². The lowest BCUT2D eigenvalue weighted by molar-refractivity contribution is -0.722. The normalized spacial score (nSPS) is 27.1. The van der Waals surface area contributed by atoms with Gasteiger partial charge in [0.05, 0.1) is 12.4 Å². The van der Waals surface area contributed by atoms with Crippen LogP contribution in [0, 0.1) is 11.8 Å². The molecule has 14 heavy (non-hydrogen) atoms. The Morgan fingerprint density at radius 1 is 1.21 bits per heavy atom. The number of hydrogen-bond donors (Lipinski definition) is 0. The van der Waals surface area contributed by atoms with Crippen molar-refractivity contribution in [2.24, 2.45) is 11.8 Å². The van der Waals surface area contributed by atoms with Crippen molar-refractivity contribution in [3.8, 4) is 0 Å². The first kappa shape index (κ1) is 9.63. The van der Waals surface area contributed by atoms with E-state index in [4.69, 9.17) is 0 Å². The van der Waals surface area contributed by atoms with Crippen molar-refractivity contribution in [2.75, 3.05) is 0 Å². The smallest absolute Gasteiger partial charge is 0.187 e. The summed E-state index contributed by atoms with van der Waals surface area (Å²) in [6.45, 7) is 4.68. The van der Waals surface area contributed by atoms with Gasteiger partial charge in [0.2, 0.25) is 0 Å². The average molecular weight is 191 g/mol. The van der Waals surface area contributed by atoms with Gasteiger partial charge >= 0.3 is 0 Å². The van der Waals surface area contributed by atoms with Crippen molar-refractivity contribution in [1.82, 2.24) is 4.98 Å². The summed E-state index contributed by atoms with van der Waals surface area (Å²) in [7, 11) is 0. The van der Waals surface area contributed by atoms with Crippen LogP contribution in [0.4, 0.5) is 0 Å². The Kier molecular flexibility index (Phi) is 2.80. The Morgan fingerprint density at radius 3 is 2.50 bits per heavy atom. The van der Waals surface area contributed by atoms with Crippen LogP contribution in [0.3, 0.4) is 0 Å². The summed E-state index contributed by atoms with van der Waals surface area (Å²) in [6, 6.07) is 0.713. The summed E-state index contributed by atoms with van der Waals surface area (Å²) in [4.78, 5) is 4.05. The molecule has 0 radical (unpaired) electrons. The second-order valence-corrected chi connectivity index (χ2v) is 4.66. The minimum Gasteiger partial charge on any atom is -0.252 e. The molecule has 1 saturated carbocycles. The lowest BCUT2D eigenvalue weighted by atomic mass is 9.94. The average Bonchev–Trinajstić information content (AvgIpc) is 2.68. The molecule has 1 aromatic heterocycles. The molecule has 0 bridgehead atoms. The quantitative estimate of drug-likeness (QED) is 0.656. The molecule has 1 fully saturated rings. The zero-order valence-electron chi connectivity index (χ0n) is 9.06. The molecule has 2 unspecified atom stereocenters. The van der Waals surface area contributed by atoms with Crippen LogP contribution in [-0.2, 0) is 0 Å². The lowest BCUT2D eigenvalue weighted by Gasteiger charge is -2.12. The first-order valence-electron chi connectivity index (χ1n) is 5.58. The highest BCUT2D eigenvalue weighted by Crippen LogP contribution is 2.35. The Balaban J connectivity index is 2.03. The monoisotopic (exact) mass is 191 g/mol. The zero-order chi connectivity index (χ0) is 9.97. The molecule has 1 aliphatic rings. The van der Waals surface area contributed by atoms with Crippen LogP contribution in [0.25, 0.3) is 0 Å². The summed E-state index contributed by atoms with van der Waals surface area (Å²) in [5, 5.41) is 0. The van der Waals surface area contributed by atoms with Crippen molar-refractivity contribution < 1.29 is 4.57 Å². The van der Waals surface area contributed by atoms with E-state index in [1.54, 1.807) is 0 Å². The van der Waals surface area contributed by atoms with Gasteiger partial charge in [-0.05, 0) is 18.3 Å². The van der Waals surface area contributed by atoms with Gasteiger partial charge in [-0.15, -0.1) is 0 Å². The topological polar surface area (TPSA) is 16.8 Å². The third kappa shape index (κ3) is 1.94. The van der Waals surface area contributed by atoms with Crippen LogP contribution in [0.2, 0.25) is 0 Å². The number of nitrogens with zero attached hydrogens (tertiary/aromatic N) is 2. The Bertz CT molecular complexity index is 282. The zero-order valence-corrected chi connectivity index (χ0v) is 9.06. The molecule has 0 spiro atoms. The lowest BCUT2D eigenvalue weighted by Crippen LogP contribution is -2.37. The molecule has 76 valence electrons. The molecule has 2 atom stereocenters. The highest BCUT2D eigenvalue weighted by molar-refractivity contribution is 4.76. The minimum absolute atomic E-state index is 0.713. The fourth-order valence-electron chi connectivity index (χ4n) is 2.44. The molecule has 1 aromatic rings. The molecular weight excluding hydrogens is 172 g/mol. The predicted octanol–water partition coefficient (Wildman–Crippen LogP) is 2.37. The SMILES string of the molecule is CC(C)C1CCC([n+]2ccncc2)C1. The molecule has 2 heteroatoms. The van der Waals surface area contributed by atoms with Crippen LogP contribution >= 0.6 is 0 Å². The summed E-state index contributed by atoms with van der Waals surface area (Å²) in [5.41, 5.74) is 0. The number of aromatic nitrogens is 2. The third-order valence-corrected chi connectivity index (χ3v) is 3.46. The number of hydrogen-bond acceptors (Lipinski definition) is 1. The van der Waals surface area contributed by atoms with Crippen LogP contribution in [0.5, 0.6) is 0 Å². The van der Waals surface area contributed by atoms with Crippen molar-refractivity contribution >= 4 is 0 Å². The van der Waals surface area contributed by atoms with Gasteiger partial charge in [-0.1, -0.05) is 13.8 Å².